The van der Waals surface area contributed by atoms with Gasteiger partial charge in [0.05, 0.1) is 31.7 Å². The fourth-order valence-electron chi connectivity index (χ4n) is 3.43. The molecule has 0 saturated heterocycles. The SMILES string of the molecule is C=CCOCc1nn(CC2CC2)c2c1CN(Cc1ccco1)CC2. The van der Waals surface area contributed by atoms with Crippen LogP contribution in [0, 0.1) is 5.92 Å². The highest BCUT2D eigenvalue weighted by atomic mass is 16.5. The first-order valence-corrected chi connectivity index (χ1v) is 8.84. The zero-order chi connectivity index (χ0) is 16.4. The Labute approximate surface area is 142 Å². The van der Waals surface area contributed by atoms with E-state index in [1.807, 2.05) is 12.1 Å². The molecule has 24 heavy (non-hydrogen) atoms. The summed E-state index contributed by atoms with van der Waals surface area (Å²) in [6.45, 7) is 8.76. The van der Waals surface area contributed by atoms with Gasteiger partial charge in [0.1, 0.15) is 5.76 Å². The molecule has 128 valence electrons. The molecule has 1 aliphatic heterocycles. The van der Waals surface area contributed by atoms with Gasteiger partial charge in [-0.1, -0.05) is 6.08 Å². The molecule has 4 rings (SSSR count). The van der Waals surface area contributed by atoms with Crippen molar-refractivity contribution in [1.82, 2.24) is 14.7 Å². The quantitative estimate of drug-likeness (QED) is 0.552. The number of aromatic nitrogens is 2. The average molecular weight is 327 g/mol. The lowest BCUT2D eigenvalue weighted by molar-refractivity contribution is 0.143. The van der Waals surface area contributed by atoms with Crippen LogP contribution in [0.25, 0.3) is 0 Å². The van der Waals surface area contributed by atoms with Crippen molar-refractivity contribution in [3.05, 3.63) is 53.8 Å². The maximum atomic E-state index is 5.68. The summed E-state index contributed by atoms with van der Waals surface area (Å²) in [6, 6.07) is 3.99. The van der Waals surface area contributed by atoms with Crippen LogP contribution in [0.2, 0.25) is 0 Å². The normalized spacial score (nSPS) is 17.8. The molecule has 0 amide bonds. The molecule has 5 heteroatoms. The number of ether oxygens (including phenoxy) is 1. The van der Waals surface area contributed by atoms with E-state index in [1.165, 1.54) is 24.1 Å². The maximum absolute atomic E-state index is 5.68. The fourth-order valence-corrected chi connectivity index (χ4v) is 3.43. The van der Waals surface area contributed by atoms with E-state index >= 15 is 0 Å². The molecule has 1 fully saturated rings. The summed E-state index contributed by atoms with van der Waals surface area (Å²) in [5.41, 5.74) is 3.86. The number of nitrogens with zero attached hydrogens (tertiary/aromatic N) is 3. The lowest BCUT2D eigenvalue weighted by Gasteiger charge is -2.27. The van der Waals surface area contributed by atoms with Gasteiger partial charge in [0, 0.05) is 37.3 Å². The molecule has 0 spiro atoms. The molecular formula is C19H25N3O2. The largest absolute Gasteiger partial charge is 0.468 e. The van der Waals surface area contributed by atoms with Gasteiger partial charge in [-0.15, -0.1) is 6.58 Å². The molecule has 0 unspecified atom stereocenters. The third-order valence-corrected chi connectivity index (χ3v) is 4.86. The van der Waals surface area contributed by atoms with Crippen LogP contribution >= 0.6 is 0 Å². The van der Waals surface area contributed by atoms with Crippen LogP contribution in [-0.4, -0.2) is 27.8 Å². The van der Waals surface area contributed by atoms with Crippen molar-refractivity contribution in [1.29, 1.82) is 0 Å². The number of hydrogen-bond acceptors (Lipinski definition) is 4. The van der Waals surface area contributed by atoms with Crippen molar-refractivity contribution in [2.24, 2.45) is 5.92 Å². The highest BCUT2D eigenvalue weighted by molar-refractivity contribution is 5.29. The minimum Gasteiger partial charge on any atom is -0.468 e. The van der Waals surface area contributed by atoms with Crippen LogP contribution in [-0.2, 0) is 37.4 Å². The van der Waals surface area contributed by atoms with Gasteiger partial charge in [-0.25, -0.2) is 0 Å². The second kappa shape index (κ2) is 6.95. The topological polar surface area (TPSA) is 43.4 Å². The summed E-state index contributed by atoms with van der Waals surface area (Å²) in [5, 5.41) is 4.88. The van der Waals surface area contributed by atoms with E-state index in [1.54, 1.807) is 12.3 Å². The van der Waals surface area contributed by atoms with Crippen LogP contribution < -0.4 is 0 Å². The minimum absolute atomic E-state index is 0.570. The predicted octanol–water partition coefficient (Wildman–Crippen LogP) is 3.15. The maximum Gasteiger partial charge on any atom is 0.117 e. The summed E-state index contributed by atoms with van der Waals surface area (Å²) < 4.78 is 13.4. The molecule has 2 aromatic rings. The van der Waals surface area contributed by atoms with Crippen LogP contribution in [0.5, 0.6) is 0 Å². The Morgan fingerprint density at radius 1 is 1.42 bits per heavy atom. The summed E-state index contributed by atoms with van der Waals surface area (Å²) in [4.78, 5) is 2.43. The van der Waals surface area contributed by atoms with Gasteiger partial charge in [-0.2, -0.15) is 5.10 Å². The van der Waals surface area contributed by atoms with Crippen LogP contribution in [0.1, 0.15) is 35.6 Å². The van der Waals surface area contributed by atoms with E-state index in [0.29, 0.717) is 13.2 Å². The van der Waals surface area contributed by atoms with Crippen molar-refractivity contribution >= 4 is 0 Å². The van der Waals surface area contributed by atoms with Gasteiger partial charge in [-0.05, 0) is 30.9 Å². The van der Waals surface area contributed by atoms with E-state index in [2.05, 4.69) is 16.2 Å². The number of rotatable bonds is 8. The molecule has 2 aromatic heterocycles. The summed E-state index contributed by atoms with van der Waals surface area (Å²) >= 11 is 0. The van der Waals surface area contributed by atoms with E-state index in [4.69, 9.17) is 14.3 Å². The lowest BCUT2D eigenvalue weighted by Crippen LogP contribution is -2.31. The molecule has 0 radical (unpaired) electrons. The number of fused-ring (bicyclic) bond motifs is 1. The first-order valence-electron chi connectivity index (χ1n) is 8.84. The molecule has 5 nitrogen and oxygen atoms in total. The lowest BCUT2D eigenvalue weighted by atomic mass is 10.0. The Morgan fingerprint density at radius 3 is 3.08 bits per heavy atom. The van der Waals surface area contributed by atoms with Crippen molar-refractivity contribution < 1.29 is 9.15 Å². The Kier molecular flexibility index (Phi) is 4.54. The highest BCUT2D eigenvalue weighted by Gasteiger charge is 2.29. The second-order valence-electron chi connectivity index (χ2n) is 6.84. The van der Waals surface area contributed by atoms with Gasteiger partial charge in [0.25, 0.3) is 0 Å². The summed E-state index contributed by atoms with van der Waals surface area (Å²) in [5.74, 6) is 1.85. The van der Waals surface area contributed by atoms with Crippen molar-refractivity contribution in [3.8, 4) is 0 Å². The molecule has 0 atom stereocenters. The number of furan rings is 1. The summed E-state index contributed by atoms with van der Waals surface area (Å²) in [7, 11) is 0. The van der Waals surface area contributed by atoms with E-state index in [0.717, 1.165) is 50.0 Å². The van der Waals surface area contributed by atoms with Gasteiger partial charge in [0.15, 0.2) is 0 Å². The molecule has 0 aromatic carbocycles. The van der Waals surface area contributed by atoms with Crippen molar-refractivity contribution in [2.45, 2.75) is 45.5 Å². The predicted molar refractivity (Wildman–Crippen MR) is 91.3 cm³/mol. The Balaban J connectivity index is 1.51. The van der Waals surface area contributed by atoms with Crippen molar-refractivity contribution in [3.63, 3.8) is 0 Å². The molecule has 0 N–H and O–H groups in total. The van der Waals surface area contributed by atoms with Gasteiger partial charge < -0.3 is 9.15 Å². The third-order valence-electron chi connectivity index (χ3n) is 4.86. The third kappa shape index (κ3) is 3.47. The van der Waals surface area contributed by atoms with Crippen LogP contribution in [0.15, 0.2) is 35.5 Å². The minimum atomic E-state index is 0.570. The standard InChI is InChI=1S/C19H25N3O2/c1-2-9-23-14-18-17-13-21(12-16-4-3-10-24-16)8-7-19(17)22(20-18)11-15-5-6-15/h2-4,10,15H,1,5-9,11-14H2. The Morgan fingerprint density at radius 2 is 2.33 bits per heavy atom. The second-order valence-corrected chi connectivity index (χ2v) is 6.84. The molecule has 1 saturated carbocycles. The summed E-state index contributed by atoms with van der Waals surface area (Å²) in [6.07, 6.45) is 7.28. The van der Waals surface area contributed by atoms with E-state index < -0.39 is 0 Å². The van der Waals surface area contributed by atoms with E-state index in [-0.39, 0.29) is 0 Å². The first kappa shape index (κ1) is 15.7. The highest BCUT2D eigenvalue weighted by Crippen LogP contribution is 2.33. The Bertz CT molecular complexity index is 686. The van der Waals surface area contributed by atoms with E-state index in [9.17, 15) is 0 Å². The average Bonchev–Trinajstić information content (AvgIpc) is 3.14. The molecule has 3 heterocycles. The monoisotopic (exact) mass is 327 g/mol. The zero-order valence-corrected chi connectivity index (χ0v) is 14.1. The van der Waals surface area contributed by atoms with Crippen molar-refractivity contribution in [2.75, 3.05) is 13.2 Å². The number of hydrogen-bond donors (Lipinski definition) is 0. The smallest absolute Gasteiger partial charge is 0.117 e. The van der Waals surface area contributed by atoms with Crippen LogP contribution in [0.3, 0.4) is 0 Å². The van der Waals surface area contributed by atoms with Gasteiger partial charge in [-0.3, -0.25) is 9.58 Å². The molecular weight excluding hydrogens is 302 g/mol. The van der Waals surface area contributed by atoms with Gasteiger partial charge in [0.2, 0.25) is 0 Å². The van der Waals surface area contributed by atoms with Gasteiger partial charge >= 0.3 is 0 Å². The molecule has 1 aliphatic carbocycles. The Hall–Kier alpha value is -1.85. The molecule has 2 aliphatic rings. The van der Waals surface area contributed by atoms with Crippen LogP contribution in [0.4, 0.5) is 0 Å². The zero-order valence-electron chi connectivity index (χ0n) is 14.1. The molecule has 0 bridgehead atoms. The fraction of sp³-hybridized carbons (Fsp3) is 0.526. The first-order chi connectivity index (χ1) is 11.8.